The molecule has 0 fully saturated rings. The fraction of sp³-hybridized carbons (Fsp3) is 0.0645. The topological polar surface area (TPSA) is 105 Å². The second kappa shape index (κ2) is 11.8. The SMILES string of the molecule is COc1ccc2cc(C(=O)NCc3ccccc3)/c(=N/NC(=O)c3ccccc3Nc3ccccc3)oc2c1. The lowest BCUT2D eigenvalue weighted by molar-refractivity contribution is 0.0933. The summed E-state index contributed by atoms with van der Waals surface area (Å²) in [5.41, 5.74) is 5.91. The number of nitrogens with one attached hydrogen (secondary N) is 3. The summed E-state index contributed by atoms with van der Waals surface area (Å²) in [6, 6.07) is 33.1. The standard InChI is InChI=1S/C31H26N4O4/c1-38-24-17-16-22-18-26(29(36)32-20-21-10-4-2-5-11-21)31(39-28(22)19-24)35-34-30(37)25-14-8-9-15-27(25)33-23-12-6-3-7-13-23/h2-19,33H,20H2,1H3,(H,32,36)(H,34,37)/b35-31-. The van der Waals surface area contributed by atoms with E-state index < -0.39 is 5.91 Å². The maximum atomic E-state index is 13.2. The van der Waals surface area contributed by atoms with Gasteiger partial charge in [-0.1, -0.05) is 60.7 Å². The number of para-hydroxylation sites is 2. The Morgan fingerprint density at radius 3 is 2.28 bits per heavy atom. The molecule has 0 bridgehead atoms. The molecule has 0 aliphatic rings. The van der Waals surface area contributed by atoms with Crippen molar-refractivity contribution in [2.24, 2.45) is 5.10 Å². The summed E-state index contributed by atoms with van der Waals surface area (Å²) in [4.78, 5) is 26.4. The molecule has 0 unspecified atom stereocenters. The monoisotopic (exact) mass is 518 g/mol. The first-order valence-electron chi connectivity index (χ1n) is 12.3. The Labute approximate surface area is 225 Å². The molecule has 0 saturated heterocycles. The molecule has 8 nitrogen and oxygen atoms in total. The molecular formula is C31H26N4O4. The molecular weight excluding hydrogens is 492 g/mol. The van der Waals surface area contributed by atoms with Gasteiger partial charge in [0.25, 0.3) is 11.8 Å². The van der Waals surface area contributed by atoms with Gasteiger partial charge >= 0.3 is 0 Å². The fourth-order valence-electron chi connectivity index (χ4n) is 3.97. The maximum Gasteiger partial charge on any atom is 0.273 e. The highest BCUT2D eigenvalue weighted by Crippen LogP contribution is 2.22. The van der Waals surface area contributed by atoms with E-state index in [0.29, 0.717) is 34.5 Å². The zero-order chi connectivity index (χ0) is 27.0. The molecule has 39 heavy (non-hydrogen) atoms. The van der Waals surface area contributed by atoms with Crippen LogP contribution in [0.2, 0.25) is 0 Å². The van der Waals surface area contributed by atoms with Gasteiger partial charge < -0.3 is 19.8 Å². The van der Waals surface area contributed by atoms with E-state index in [9.17, 15) is 9.59 Å². The number of nitrogens with zero attached hydrogens (tertiary/aromatic N) is 1. The number of hydrogen-bond donors (Lipinski definition) is 3. The van der Waals surface area contributed by atoms with Crippen molar-refractivity contribution in [2.75, 3.05) is 12.4 Å². The molecule has 0 spiro atoms. The van der Waals surface area contributed by atoms with Crippen LogP contribution in [0.1, 0.15) is 26.3 Å². The number of anilines is 2. The summed E-state index contributed by atoms with van der Waals surface area (Å²) in [6.45, 7) is 0.324. The number of carbonyl (C=O) groups excluding carboxylic acids is 2. The molecule has 0 aliphatic heterocycles. The molecule has 3 N–H and O–H groups in total. The summed E-state index contributed by atoms with van der Waals surface area (Å²) in [6.07, 6.45) is 0. The van der Waals surface area contributed by atoms with E-state index >= 15 is 0 Å². The highest BCUT2D eigenvalue weighted by atomic mass is 16.5. The number of amides is 2. The van der Waals surface area contributed by atoms with Gasteiger partial charge in [0.1, 0.15) is 16.9 Å². The Kier molecular flexibility index (Phi) is 7.64. The van der Waals surface area contributed by atoms with Crippen molar-refractivity contribution in [1.29, 1.82) is 0 Å². The van der Waals surface area contributed by atoms with Crippen molar-refractivity contribution in [3.8, 4) is 5.75 Å². The summed E-state index contributed by atoms with van der Waals surface area (Å²) in [5.74, 6) is -0.270. The first-order chi connectivity index (χ1) is 19.1. The van der Waals surface area contributed by atoms with Gasteiger partial charge in [-0.25, -0.2) is 5.43 Å². The van der Waals surface area contributed by atoms with E-state index in [1.54, 1.807) is 49.6 Å². The number of ether oxygens (including phenoxy) is 1. The van der Waals surface area contributed by atoms with Crippen LogP contribution in [0, 0.1) is 0 Å². The van der Waals surface area contributed by atoms with Gasteiger partial charge in [-0.3, -0.25) is 9.59 Å². The van der Waals surface area contributed by atoms with Crippen LogP contribution in [0.4, 0.5) is 11.4 Å². The molecule has 0 saturated carbocycles. The smallest absolute Gasteiger partial charge is 0.273 e. The van der Waals surface area contributed by atoms with Crippen molar-refractivity contribution in [3.05, 3.63) is 131 Å². The summed E-state index contributed by atoms with van der Waals surface area (Å²) < 4.78 is 11.3. The molecule has 1 heterocycles. The molecule has 5 rings (SSSR count). The van der Waals surface area contributed by atoms with Gasteiger partial charge in [-0.05, 0) is 48.0 Å². The minimum absolute atomic E-state index is 0.0387. The van der Waals surface area contributed by atoms with Crippen LogP contribution in [0.15, 0.2) is 119 Å². The maximum absolute atomic E-state index is 13.2. The van der Waals surface area contributed by atoms with E-state index in [4.69, 9.17) is 9.15 Å². The highest BCUT2D eigenvalue weighted by Gasteiger charge is 2.15. The van der Waals surface area contributed by atoms with Crippen LogP contribution in [0.3, 0.4) is 0 Å². The minimum Gasteiger partial charge on any atom is -0.497 e. The van der Waals surface area contributed by atoms with E-state index in [0.717, 1.165) is 11.3 Å². The second-order valence-electron chi connectivity index (χ2n) is 8.63. The molecule has 0 atom stereocenters. The van der Waals surface area contributed by atoms with Crippen molar-refractivity contribution in [3.63, 3.8) is 0 Å². The molecule has 194 valence electrons. The number of fused-ring (bicyclic) bond motifs is 1. The number of rotatable bonds is 8. The number of carbonyl (C=O) groups is 2. The normalized spacial score (nSPS) is 11.2. The summed E-state index contributed by atoms with van der Waals surface area (Å²) in [7, 11) is 1.55. The Balaban J connectivity index is 1.46. The predicted molar refractivity (Wildman–Crippen MR) is 150 cm³/mol. The van der Waals surface area contributed by atoms with E-state index in [-0.39, 0.29) is 17.0 Å². The number of methoxy groups -OCH3 is 1. The lowest BCUT2D eigenvalue weighted by Gasteiger charge is -2.11. The Morgan fingerprint density at radius 1 is 0.795 bits per heavy atom. The molecule has 2 amide bonds. The van der Waals surface area contributed by atoms with Gasteiger partial charge in [0.2, 0.25) is 5.55 Å². The van der Waals surface area contributed by atoms with Crippen molar-refractivity contribution < 1.29 is 18.7 Å². The summed E-state index contributed by atoms with van der Waals surface area (Å²) >= 11 is 0. The molecule has 0 radical (unpaired) electrons. The Hall–Kier alpha value is -5.37. The quantitative estimate of drug-likeness (QED) is 0.240. The van der Waals surface area contributed by atoms with Crippen molar-refractivity contribution in [1.82, 2.24) is 10.7 Å². The van der Waals surface area contributed by atoms with Gasteiger partial charge in [0.05, 0.1) is 18.4 Å². The lowest BCUT2D eigenvalue weighted by Crippen LogP contribution is -2.30. The fourth-order valence-corrected chi connectivity index (χ4v) is 3.97. The average Bonchev–Trinajstić information content (AvgIpc) is 2.99. The van der Waals surface area contributed by atoms with Gasteiger partial charge in [-0.2, -0.15) is 0 Å². The Bertz CT molecular complexity index is 1680. The van der Waals surface area contributed by atoms with Crippen LogP contribution >= 0.6 is 0 Å². The third-order valence-corrected chi connectivity index (χ3v) is 5.98. The van der Waals surface area contributed by atoms with E-state index in [1.165, 1.54) is 0 Å². The third kappa shape index (κ3) is 6.14. The Morgan fingerprint density at radius 2 is 1.51 bits per heavy atom. The largest absolute Gasteiger partial charge is 0.497 e. The highest BCUT2D eigenvalue weighted by molar-refractivity contribution is 6.00. The van der Waals surface area contributed by atoms with Crippen LogP contribution in [-0.2, 0) is 6.54 Å². The van der Waals surface area contributed by atoms with Gasteiger partial charge in [0.15, 0.2) is 0 Å². The minimum atomic E-state index is -0.467. The zero-order valence-corrected chi connectivity index (χ0v) is 21.2. The van der Waals surface area contributed by atoms with Crippen LogP contribution in [0.5, 0.6) is 5.75 Å². The van der Waals surface area contributed by atoms with Gasteiger partial charge in [0, 0.05) is 23.7 Å². The van der Waals surface area contributed by atoms with Crippen molar-refractivity contribution >= 4 is 34.2 Å². The molecule has 1 aromatic heterocycles. The number of hydrogen-bond acceptors (Lipinski definition) is 6. The molecule has 8 heteroatoms. The van der Waals surface area contributed by atoms with Crippen molar-refractivity contribution in [2.45, 2.75) is 6.54 Å². The first kappa shape index (κ1) is 25.3. The second-order valence-corrected chi connectivity index (χ2v) is 8.63. The van der Waals surface area contributed by atoms with Crippen LogP contribution in [0.25, 0.3) is 11.0 Å². The van der Waals surface area contributed by atoms with E-state index in [2.05, 4.69) is 21.2 Å². The zero-order valence-electron chi connectivity index (χ0n) is 21.2. The van der Waals surface area contributed by atoms with Crippen LogP contribution < -0.4 is 26.4 Å². The van der Waals surface area contributed by atoms with Crippen LogP contribution in [-0.4, -0.2) is 18.9 Å². The third-order valence-electron chi connectivity index (χ3n) is 5.98. The van der Waals surface area contributed by atoms with Gasteiger partial charge in [-0.15, -0.1) is 5.10 Å². The molecule has 0 aliphatic carbocycles. The first-order valence-corrected chi connectivity index (χ1v) is 12.3. The average molecular weight is 519 g/mol. The lowest BCUT2D eigenvalue weighted by atomic mass is 10.1. The molecule has 5 aromatic rings. The summed E-state index contributed by atoms with van der Waals surface area (Å²) in [5, 5.41) is 11.0. The number of benzene rings is 4. The predicted octanol–water partition coefficient (Wildman–Crippen LogP) is 5.36. The van der Waals surface area contributed by atoms with E-state index in [1.807, 2.05) is 66.7 Å². The molecule has 4 aromatic carbocycles.